The smallest absolute Gasteiger partial charge is 0.266 e. The number of anilines is 1. The fourth-order valence-corrected chi connectivity index (χ4v) is 3.63. The monoisotopic (exact) mass is 538 g/mol. The topological polar surface area (TPSA) is 62.1 Å². The highest BCUT2D eigenvalue weighted by Crippen LogP contribution is 2.28. The number of nitrogens with one attached hydrogen (secondary N) is 1. The highest BCUT2D eigenvalue weighted by Gasteiger charge is 2.12. The summed E-state index contributed by atoms with van der Waals surface area (Å²) in [6, 6.07) is 21.0. The second kappa shape index (κ2) is 10.4. The van der Waals surface area contributed by atoms with Crippen molar-refractivity contribution in [3.8, 4) is 11.8 Å². The lowest BCUT2D eigenvalue weighted by molar-refractivity contribution is -0.112. The Bertz CT molecular complexity index is 1180. The molecule has 0 spiro atoms. The quantitative estimate of drug-likeness (QED) is 0.272. The molecule has 0 heterocycles. The van der Waals surface area contributed by atoms with E-state index in [1.54, 1.807) is 6.08 Å². The van der Waals surface area contributed by atoms with E-state index in [0.29, 0.717) is 18.0 Å². The molecule has 0 bridgehead atoms. The molecule has 0 aromatic heterocycles. The third-order valence-electron chi connectivity index (χ3n) is 4.79. The van der Waals surface area contributed by atoms with Crippen molar-refractivity contribution in [1.82, 2.24) is 0 Å². The number of benzene rings is 3. The van der Waals surface area contributed by atoms with Crippen molar-refractivity contribution in [3.05, 3.63) is 97.4 Å². The molecule has 3 aromatic rings. The molecule has 0 fully saturated rings. The number of carbonyl (C=O) groups is 1. The normalized spacial score (nSPS) is 11.0. The highest BCUT2D eigenvalue weighted by molar-refractivity contribution is 9.10. The standard InChI is InChI=1S/C25H20Br2N2O2/c1-16-4-3-5-23(17(16)2)29-25(30)20(14-28)12-19-8-11-24(22(27)13-19)31-15-18-6-9-21(26)10-7-18/h3-13H,15H2,1-2H3,(H,29,30)/b20-12+. The van der Waals surface area contributed by atoms with Gasteiger partial charge >= 0.3 is 0 Å². The van der Waals surface area contributed by atoms with E-state index in [1.807, 2.05) is 80.6 Å². The van der Waals surface area contributed by atoms with E-state index < -0.39 is 5.91 Å². The molecule has 1 amide bonds. The average Bonchev–Trinajstić information content (AvgIpc) is 2.75. The first-order valence-electron chi connectivity index (χ1n) is 9.53. The molecule has 0 radical (unpaired) electrons. The third kappa shape index (κ3) is 6.06. The van der Waals surface area contributed by atoms with E-state index in [2.05, 4.69) is 37.2 Å². The molecule has 4 nitrogen and oxygen atoms in total. The first-order chi connectivity index (χ1) is 14.9. The summed E-state index contributed by atoms with van der Waals surface area (Å²) >= 11 is 6.92. The van der Waals surface area contributed by atoms with Crippen molar-refractivity contribution in [1.29, 1.82) is 5.26 Å². The molecule has 0 aliphatic heterocycles. The molecule has 3 rings (SSSR count). The maximum atomic E-state index is 12.6. The van der Waals surface area contributed by atoms with E-state index in [4.69, 9.17) is 4.74 Å². The molecule has 6 heteroatoms. The number of aryl methyl sites for hydroxylation is 1. The second-order valence-corrected chi connectivity index (χ2v) is 8.75. The maximum Gasteiger partial charge on any atom is 0.266 e. The number of carbonyl (C=O) groups excluding carboxylic acids is 1. The minimum absolute atomic E-state index is 0.0244. The predicted octanol–water partition coefficient (Wildman–Crippen LogP) is 6.95. The molecule has 31 heavy (non-hydrogen) atoms. The van der Waals surface area contributed by atoms with Crippen LogP contribution in [0.2, 0.25) is 0 Å². The summed E-state index contributed by atoms with van der Waals surface area (Å²) in [6.45, 7) is 4.34. The van der Waals surface area contributed by atoms with Crippen molar-refractivity contribution in [2.24, 2.45) is 0 Å². The first kappa shape index (κ1) is 22.8. The molecule has 0 unspecified atom stereocenters. The van der Waals surface area contributed by atoms with Crippen LogP contribution in [-0.4, -0.2) is 5.91 Å². The SMILES string of the molecule is Cc1cccc(NC(=O)/C(C#N)=C/c2ccc(OCc3ccc(Br)cc3)c(Br)c2)c1C. The van der Waals surface area contributed by atoms with E-state index in [-0.39, 0.29) is 5.57 Å². The van der Waals surface area contributed by atoms with E-state index in [0.717, 1.165) is 31.2 Å². The van der Waals surface area contributed by atoms with Crippen molar-refractivity contribution in [3.63, 3.8) is 0 Å². The van der Waals surface area contributed by atoms with Gasteiger partial charge in [0.15, 0.2) is 0 Å². The van der Waals surface area contributed by atoms with Crippen LogP contribution in [-0.2, 0) is 11.4 Å². The second-order valence-electron chi connectivity index (χ2n) is 6.98. The summed E-state index contributed by atoms with van der Waals surface area (Å²) < 4.78 is 7.63. The van der Waals surface area contributed by atoms with E-state index >= 15 is 0 Å². The van der Waals surface area contributed by atoms with Crippen LogP contribution < -0.4 is 10.1 Å². The Morgan fingerprint density at radius 2 is 1.84 bits per heavy atom. The van der Waals surface area contributed by atoms with Crippen LogP contribution in [0.15, 0.2) is 75.2 Å². The number of halogens is 2. The van der Waals surface area contributed by atoms with Crippen LogP contribution >= 0.6 is 31.9 Å². The number of rotatable bonds is 6. The van der Waals surface area contributed by atoms with Crippen LogP contribution in [0.4, 0.5) is 5.69 Å². The zero-order chi connectivity index (χ0) is 22.4. The van der Waals surface area contributed by atoms with Gasteiger partial charge in [-0.3, -0.25) is 4.79 Å². The molecule has 156 valence electrons. The molecule has 0 aliphatic carbocycles. The highest BCUT2D eigenvalue weighted by atomic mass is 79.9. The fraction of sp³-hybridized carbons (Fsp3) is 0.120. The lowest BCUT2D eigenvalue weighted by Gasteiger charge is -2.10. The summed E-state index contributed by atoms with van der Waals surface area (Å²) in [4.78, 5) is 12.6. The van der Waals surface area contributed by atoms with Gasteiger partial charge in [0.2, 0.25) is 0 Å². The summed E-state index contributed by atoms with van der Waals surface area (Å²) in [5.41, 5.74) is 4.54. The van der Waals surface area contributed by atoms with E-state index in [9.17, 15) is 10.1 Å². The Kier molecular flexibility index (Phi) is 7.67. The average molecular weight is 540 g/mol. The van der Waals surface area contributed by atoms with Crippen molar-refractivity contribution < 1.29 is 9.53 Å². The van der Waals surface area contributed by atoms with Crippen LogP contribution in [0.1, 0.15) is 22.3 Å². The van der Waals surface area contributed by atoms with Gasteiger partial charge in [0.25, 0.3) is 5.91 Å². The Labute approximate surface area is 198 Å². The Morgan fingerprint density at radius 1 is 1.10 bits per heavy atom. The fourth-order valence-electron chi connectivity index (χ4n) is 2.86. The summed E-state index contributed by atoms with van der Waals surface area (Å²) in [7, 11) is 0. The summed E-state index contributed by atoms with van der Waals surface area (Å²) in [5.74, 6) is 0.237. The lowest BCUT2D eigenvalue weighted by Crippen LogP contribution is -2.14. The number of nitrogens with zero attached hydrogens (tertiary/aromatic N) is 1. The summed E-state index contributed by atoms with van der Waals surface area (Å²) in [6.07, 6.45) is 1.56. The molecule has 0 atom stereocenters. The van der Waals surface area contributed by atoms with Crippen molar-refractivity contribution >= 4 is 49.5 Å². The van der Waals surface area contributed by atoms with Crippen molar-refractivity contribution in [2.45, 2.75) is 20.5 Å². The third-order valence-corrected chi connectivity index (χ3v) is 5.94. The van der Waals surface area contributed by atoms with Gasteiger partial charge in [0.05, 0.1) is 4.47 Å². The number of amides is 1. The van der Waals surface area contributed by atoms with E-state index in [1.165, 1.54) is 0 Å². The zero-order valence-electron chi connectivity index (χ0n) is 17.1. The van der Waals surface area contributed by atoms with Gasteiger partial charge in [-0.2, -0.15) is 5.26 Å². The maximum absolute atomic E-state index is 12.6. The minimum Gasteiger partial charge on any atom is -0.488 e. The van der Waals surface area contributed by atoms with Gasteiger partial charge in [0, 0.05) is 10.2 Å². The first-order valence-corrected chi connectivity index (χ1v) is 11.1. The van der Waals surface area contributed by atoms with Crippen LogP contribution in [0, 0.1) is 25.2 Å². The number of ether oxygens (including phenoxy) is 1. The Morgan fingerprint density at radius 3 is 2.52 bits per heavy atom. The molecular formula is C25H20Br2N2O2. The van der Waals surface area contributed by atoms with Crippen LogP contribution in [0.3, 0.4) is 0 Å². The molecule has 1 N–H and O–H groups in total. The van der Waals surface area contributed by atoms with Gasteiger partial charge < -0.3 is 10.1 Å². The van der Waals surface area contributed by atoms with Crippen LogP contribution in [0.5, 0.6) is 5.75 Å². The van der Waals surface area contributed by atoms with Gasteiger partial charge in [-0.15, -0.1) is 0 Å². The molecule has 0 saturated carbocycles. The lowest BCUT2D eigenvalue weighted by atomic mass is 10.1. The van der Waals surface area contributed by atoms with Gasteiger partial charge in [-0.05, 0) is 88.4 Å². The van der Waals surface area contributed by atoms with Crippen molar-refractivity contribution in [2.75, 3.05) is 5.32 Å². The van der Waals surface area contributed by atoms with Crippen LogP contribution in [0.25, 0.3) is 6.08 Å². The molecular weight excluding hydrogens is 520 g/mol. The van der Waals surface area contributed by atoms with Gasteiger partial charge in [-0.1, -0.05) is 46.3 Å². The number of hydrogen-bond acceptors (Lipinski definition) is 3. The molecule has 0 aliphatic rings. The van der Waals surface area contributed by atoms with Gasteiger partial charge in [-0.25, -0.2) is 0 Å². The number of hydrogen-bond donors (Lipinski definition) is 1. The molecule has 0 saturated heterocycles. The minimum atomic E-state index is -0.442. The number of nitriles is 1. The largest absolute Gasteiger partial charge is 0.488 e. The van der Waals surface area contributed by atoms with Gasteiger partial charge in [0.1, 0.15) is 24.0 Å². The predicted molar refractivity (Wildman–Crippen MR) is 131 cm³/mol. The summed E-state index contributed by atoms with van der Waals surface area (Å²) in [5, 5.41) is 12.3. The Hall–Kier alpha value is -2.88. The molecule has 3 aromatic carbocycles. The Balaban J connectivity index is 1.72. The zero-order valence-corrected chi connectivity index (χ0v) is 20.2.